The van der Waals surface area contributed by atoms with Crippen molar-refractivity contribution in [2.45, 2.75) is 44.3 Å². The molecular weight excluding hydrogens is 444 g/mol. The Balaban J connectivity index is 1.76. The van der Waals surface area contributed by atoms with Crippen molar-refractivity contribution >= 4 is 35.0 Å². The average molecular weight is 477 g/mol. The van der Waals surface area contributed by atoms with Crippen LogP contribution in [0.2, 0.25) is 0 Å². The molecule has 0 aliphatic rings. The van der Waals surface area contributed by atoms with Crippen molar-refractivity contribution in [3.63, 3.8) is 0 Å². The Kier molecular flexibility index (Phi) is 8.77. The van der Waals surface area contributed by atoms with Crippen molar-refractivity contribution < 1.29 is 14.3 Å². The molecule has 0 bridgehead atoms. The largest absolute Gasteiger partial charge is 0.492 e. The number of hydrogen-bond donors (Lipinski definition) is 2. The van der Waals surface area contributed by atoms with Crippen LogP contribution in [0.3, 0.4) is 0 Å². The topological polar surface area (TPSA) is 67.4 Å². The van der Waals surface area contributed by atoms with Crippen molar-refractivity contribution in [3.05, 3.63) is 84.4 Å². The third-order valence-corrected chi connectivity index (χ3v) is 6.13. The van der Waals surface area contributed by atoms with Crippen LogP contribution in [-0.2, 0) is 9.59 Å². The maximum atomic E-state index is 13.4. The Labute approximate surface area is 206 Å². The summed E-state index contributed by atoms with van der Waals surface area (Å²) in [5.41, 5.74) is 2.22. The molecule has 1 unspecified atom stereocenters. The molecule has 0 aromatic heterocycles. The fourth-order valence-corrected chi connectivity index (χ4v) is 4.41. The minimum Gasteiger partial charge on any atom is -0.492 e. The fraction of sp³-hybridized carbons (Fsp3) is 0.286. The van der Waals surface area contributed by atoms with Gasteiger partial charge in [-0.3, -0.25) is 9.59 Å². The molecule has 0 radical (unpaired) electrons. The molecule has 0 heterocycles. The van der Waals surface area contributed by atoms with E-state index >= 15 is 0 Å². The van der Waals surface area contributed by atoms with Crippen LogP contribution in [0.25, 0.3) is 0 Å². The summed E-state index contributed by atoms with van der Waals surface area (Å²) in [7, 11) is 0. The fourth-order valence-electron chi connectivity index (χ4n) is 3.39. The first-order valence-corrected chi connectivity index (χ1v) is 12.3. The highest BCUT2D eigenvalue weighted by Gasteiger charge is 2.23. The number of para-hydroxylation sites is 2. The van der Waals surface area contributed by atoms with Gasteiger partial charge in [0.15, 0.2) is 0 Å². The highest BCUT2D eigenvalue weighted by molar-refractivity contribution is 8.00. The Bertz CT molecular complexity index is 1090. The van der Waals surface area contributed by atoms with E-state index in [9.17, 15) is 9.59 Å². The molecule has 0 saturated carbocycles. The quantitative estimate of drug-likeness (QED) is 0.329. The number of benzene rings is 3. The summed E-state index contributed by atoms with van der Waals surface area (Å²) >= 11 is 1.46. The van der Waals surface area contributed by atoms with Crippen LogP contribution in [0.4, 0.5) is 11.4 Å². The lowest BCUT2D eigenvalue weighted by atomic mass is 9.92. The normalized spacial score (nSPS) is 12.0. The van der Waals surface area contributed by atoms with Crippen LogP contribution in [0.5, 0.6) is 5.75 Å². The van der Waals surface area contributed by atoms with Crippen molar-refractivity contribution in [2.75, 3.05) is 17.2 Å². The van der Waals surface area contributed by atoms with Gasteiger partial charge in [0.1, 0.15) is 11.0 Å². The van der Waals surface area contributed by atoms with Crippen LogP contribution >= 0.6 is 11.8 Å². The number of hydrogen-bond acceptors (Lipinski definition) is 4. The molecule has 0 fully saturated rings. The number of nitrogens with one attached hydrogen (secondary N) is 2. The molecule has 3 rings (SSSR count). The Morgan fingerprint density at radius 1 is 0.882 bits per heavy atom. The molecule has 0 spiro atoms. The van der Waals surface area contributed by atoms with Gasteiger partial charge in [-0.15, -0.1) is 11.8 Å². The van der Waals surface area contributed by atoms with Gasteiger partial charge in [0.2, 0.25) is 11.8 Å². The van der Waals surface area contributed by atoms with E-state index in [1.165, 1.54) is 11.8 Å². The molecule has 6 heteroatoms. The Hall–Kier alpha value is -3.25. The van der Waals surface area contributed by atoms with Gasteiger partial charge >= 0.3 is 0 Å². The summed E-state index contributed by atoms with van der Waals surface area (Å²) in [5.74, 6) is 0.499. The Morgan fingerprint density at radius 3 is 2.18 bits per heavy atom. The van der Waals surface area contributed by atoms with Crippen molar-refractivity contribution in [2.24, 2.45) is 5.41 Å². The number of ether oxygens (including phenoxy) is 1. The molecule has 2 amide bonds. The van der Waals surface area contributed by atoms with E-state index in [1.807, 2.05) is 107 Å². The lowest BCUT2D eigenvalue weighted by Crippen LogP contribution is -2.20. The van der Waals surface area contributed by atoms with Gasteiger partial charge in [-0.2, -0.15) is 0 Å². The molecule has 0 aliphatic carbocycles. The third-order valence-electron chi connectivity index (χ3n) is 4.87. The van der Waals surface area contributed by atoms with Crippen molar-refractivity contribution in [1.82, 2.24) is 0 Å². The third kappa shape index (κ3) is 7.66. The molecule has 0 aliphatic heterocycles. The first-order valence-electron chi connectivity index (χ1n) is 11.4. The van der Waals surface area contributed by atoms with Crippen LogP contribution < -0.4 is 15.4 Å². The standard InChI is InChI=1S/C28H32N2O3S/c1-5-33-24-14-10-9-13-23(24)30-27(32)26(20-11-7-6-8-12-20)34-22-17-15-21(16-18-22)29-25(31)19-28(2,3)4/h6-18,26H,5,19H2,1-4H3,(H,29,31)(H,30,32). The van der Waals surface area contributed by atoms with Gasteiger partial charge < -0.3 is 15.4 Å². The van der Waals surface area contributed by atoms with E-state index in [1.54, 1.807) is 0 Å². The predicted molar refractivity (Wildman–Crippen MR) is 140 cm³/mol. The zero-order chi connectivity index (χ0) is 24.6. The minimum atomic E-state index is -0.461. The average Bonchev–Trinajstić information content (AvgIpc) is 2.79. The van der Waals surface area contributed by atoms with Gasteiger partial charge in [-0.05, 0) is 54.3 Å². The lowest BCUT2D eigenvalue weighted by molar-refractivity contribution is -0.118. The van der Waals surface area contributed by atoms with Gasteiger partial charge in [-0.1, -0.05) is 63.2 Å². The molecule has 0 saturated heterocycles. The number of anilines is 2. The van der Waals surface area contributed by atoms with E-state index in [0.29, 0.717) is 24.5 Å². The SMILES string of the molecule is CCOc1ccccc1NC(=O)C(Sc1ccc(NC(=O)CC(C)(C)C)cc1)c1ccccc1. The molecule has 2 N–H and O–H groups in total. The van der Waals surface area contributed by atoms with Crippen LogP contribution in [0, 0.1) is 5.41 Å². The first kappa shape index (κ1) is 25.4. The summed E-state index contributed by atoms with van der Waals surface area (Å²) in [6, 6.07) is 24.7. The Morgan fingerprint density at radius 2 is 1.53 bits per heavy atom. The second kappa shape index (κ2) is 11.7. The smallest absolute Gasteiger partial charge is 0.242 e. The number of amides is 2. The molecular formula is C28H32N2O3S. The summed E-state index contributed by atoms with van der Waals surface area (Å²) in [6.07, 6.45) is 0.447. The number of carbonyl (C=O) groups is 2. The van der Waals surface area contributed by atoms with Crippen LogP contribution in [0.1, 0.15) is 44.9 Å². The first-order chi connectivity index (χ1) is 16.2. The maximum Gasteiger partial charge on any atom is 0.242 e. The lowest BCUT2D eigenvalue weighted by Gasteiger charge is -2.19. The molecule has 178 valence electrons. The predicted octanol–water partition coefficient (Wildman–Crippen LogP) is 6.93. The van der Waals surface area contributed by atoms with E-state index in [4.69, 9.17) is 4.74 Å². The second-order valence-electron chi connectivity index (χ2n) is 9.14. The molecule has 3 aromatic carbocycles. The van der Waals surface area contributed by atoms with Gasteiger partial charge in [0, 0.05) is 17.0 Å². The van der Waals surface area contributed by atoms with Gasteiger partial charge in [0.25, 0.3) is 0 Å². The highest BCUT2D eigenvalue weighted by Crippen LogP contribution is 2.37. The molecule has 3 aromatic rings. The number of rotatable bonds is 9. The van der Waals surface area contributed by atoms with E-state index < -0.39 is 5.25 Å². The summed E-state index contributed by atoms with van der Waals surface area (Å²) < 4.78 is 5.66. The van der Waals surface area contributed by atoms with Gasteiger partial charge in [0.05, 0.1) is 12.3 Å². The van der Waals surface area contributed by atoms with Crippen LogP contribution in [-0.4, -0.2) is 18.4 Å². The van der Waals surface area contributed by atoms with E-state index in [-0.39, 0.29) is 17.2 Å². The monoisotopic (exact) mass is 476 g/mol. The zero-order valence-corrected chi connectivity index (χ0v) is 20.9. The van der Waals surface area contributed by atoms with Crippen LogP contribution in [0.15, 0.2) is 83.8 Å². The maximum absolute atomic E-state index is 13.4. The summed E-state index contributed by atoms with van der Waals surface area (Å²) in [5, 5.41) is 5.51. The van der Waals surface area contributed by atoms with E-state index in [0.717, 1.165) is 16.1 Å². The van der Waals surface area contributed by atoms with Crippen molar-refractivity contribution in [3.8, 4) is 5.75 Å². The summed E-state index contributed by atoms with van der Waals surface area (Å²) in [6.45, 7) is 8.54. The zero-order valence-electron chi connectivity index (χ0n) is 20.1. The molecule has 1 atom stereocenters. The number of carbonyl (C=O) groups excluding carboxylic acids is 2. The van der Waals surface area contributed by atoms with Gasteiger partial charge in [-0.25, -0.2) is 0 Å². The number of thioether (sulfide) groups is 1. The van der Waals surface area contributed by atoms with Crippen molar-refractivity contribution in [1.29, 1.82) is 0 Å². The summed E-state index contributed by atoms with van der Waals surface area (Å²) in [4.78, 5) is 26.5. The highest BCUT2D eigenvalue weighted by atomic mass is 32.2. The molecule has 34 heavy (non-hydrogen) atoms. The van der Waals surface area contributed by atoms with E-state index in [2.05, 4.69) is 10.6 Å². The molecule has 5 nitrogen and oxygen atoms in total. The second-order valence-corrected chi connectivity index (χ2v) is 10.3. The minimum absolute atomic E-state index is 0.0117.